The third kappa shape index (κ3) is 17.6. The molecule has 1 nitrogen and oxygen atoms in total. The van der Waals surface area contributed by atoms with Crippen molar-refractivity contribution in [2.45, 2.75) is 129 Å². The van der Waals surface area contributed by atoms with Crippen molar-refractivity contribution in [1.82, 2.24) is 0 Å². The Kier molecular flexibility index (Phi) is 20.8. The van der Waals surface area contributed by atoms with Gasteiger partial charge in [0.2, 0.25) is 0 Å². The molecule has 164 valence electrons. The molecule has 1 rings (SSSR count). The first-order valence-electron chi connectivity index (χ1n) is 12.1. The second-order valence-corrected chi connectivity index (χ2v) is 8.52. The molecule has 0 aromatic heterocycles. The molecule has 0 spiro atoms. The number of hydrogen-bond donors (Lipinski definition) is 1. The molecule has 1 aromatic carbocycles. The fourth-order valence-electron chi connectivity index (χ4n) is 3.92. The van der Waals surface area contributed by atoms with E-state index in [4.69, 9.17) is 5.73 Å². The van der Waals surface area contributed by atoms with Crippen LogP contribution in [0.4, 0.5) is 0 Å². The molecule has 1 aromatic rings. The largest absolute Gasteiger partial charge is 0.328 e. The van der Waals surface area contributed by atoms with Gasteiger partial charge in [-0.15, -0.1) is 12.4 Å². The predicted octanol–water partition coefficient (Wildman–Crippen LogP) is 8.63. The molecule has 0 saturated heterocycles. The predicted molar refractivity (Wildman–Crippen MR) is 130 cm³/mol. The minimum Gasteiger partial charge on any atom is -0.328 e. The Balaban J connectivity index is 0.00000729. The fourth-order valence-corrected chi connectivity index (χ4v) is 3.92. The molecule has 0 fully saturated rings. The van der Waals surface area contributed by atoms with Crippen LogP contribution >= 0.6 is 12.4 Å². The average molecular weight is 410 g/mol. The molecule has 2 heteroatoms. The normalized spacial score (nSPS) is 11.9. The van der Waals surface area contributed by atoms with Crippen LogP contribution in [0.15, 0.2) is 30.3 Å². The van der Waals surface area contributed by atoms with E-state index in [1.54, 1.807) is 0 Å². The maximum absolute atomic E-state index is 6.28. The lowest BCUT2D eigenvalue weighted by Gasteiger charge is -2.11. The summed E-state index contributed by atoms with van der Waals surface area (Å²) in [5.41, 5.74) is 7.70. The molecule has 0 radical (unpaired) electrons. The van der Waals surface area contributed by atoms with Crippen molar-refractivity contribution in [2.24, 2.45) is 5.73 Å². The monoisotopic (exact) mass is 409 g/mol. The van der Waals surface area contributed by atoms with Crippen molar-refractivity contribution in [2.75, 3.05) is 0 Å². The van der Waals surface area contributed by atoms with Crippen LogP contribution in [0, 0.1) is 0 Å². The first-order valence-corrected chi connectivity index (χ1v) is 12.1. The van der Waals surface area contributed by atoms with Crippen LogP contribution in [-0.2, 0) is 6.42 Å². The van der Waals surface area contributed by atoms with Crippen molar-refractivity contribution in [3.8, 4) is 0 Å². The summed E-state index contributed by atoms with van der Waals surface area (Å²) in [6.45, 7) is 2.29. The SMILES string of the molecule is CCCCCCCCCCCCCCCCCC(N)CCc1ccccc1.Cl. The molecule has 0 bridgehead atoms. The molecule has 0 heterocycles. The zero-order valence-electron chi connectivity index (χ0n) is 18.7. The van der Waals surface area contributed by atoms with E-state index in [-0.39, 0.29) is 12.4 Å². The Bertz CT molecular complexity index is 406. The van der Waals surface area contributed by atoms with Gasteiger partial charge in [-0.2, -0.15) is 0 Å². The number of rotatable bonds is 19. The van der Waals surface area contributed by atoms with E-state index in [0.717, 1.165) is 12.8 Å². The highest BCUT2D eigenvalue weighted by atomic mass is 35.5. The Hall–Kier alpha value is -0.530. The molecule has 0 saturated carbocycles. The summed E-state index contributed by atoms with van der Waals surface area (Å²) in [6.07, 6.45) is 24.9. The summed E-state index contributed by atoms with van der Waals surface area (Å²) in [6, 6.07) is 11.1. The number of halogens is 1. The third-order valence-corrected chi connectivity index (χ3v) is 5.83. The van der Waals surface area contributed by atoms with Crippen molar-refractivity contribution >= 4 is 12.4 Å². The molecule has 2 N–H and O–H groups in total. The lowest BCUT2D eigenvalue weighted by atomic mass is 10.00. The Morgan fingerprint density at radius 1 is 0.607 bits per heavy atom. The van der Waals surface area contributed by atoms with Crippen LogP contribution in [0.25, 0.3) is 0 Å². The molecule has 0 aliphatic rings. The summed E-state index contributed by atoms with van der Waals surface area (Å²) in [5.74, 6) is 0. The van der Waals surface area contributed by atoms with Crippen LogP contribution in [0.2, 0.25) is 0 Å². The lowest BCUT2D eigenvalue weighted by molar-refractivity contribution is 0.502. The number of nitrogens with two attached hydrogens (primary N) is 1. The van der Waals surface area contributed by atoms with Gasteiger partial charge in [-0.05, 0) is 24.8 Å². The van der Waals surface area contributed by atoms with Gasteiger partial charge in [-0.25, -0.2) is 0 Å². The van der Waals surface area contributed by atoms with Gasteiger partial charge < -0.3 is 5.73 Å². The second-order valence-electron chi connectivity index (χ2n) is 8.52. The molecule has 0 aliphatic carbocycles. The molecule has 28 heavy (non-hydrogen) atoms. The number of hydrogen-bond acceptors (Lipinski definition) is 1. The molecule has 1 atom stereocenters. The topological polar surface area (TPSA) is 26.0 Å². The van der Waals surface area contributed by atoms with Crippen molar-refractivity contribution in [3.05, 3.63) is 35.9 Å². The Morgan fingerprint density at radius 2 is 1.04 bits per heavy atom. The summed E-state index contributed by atoms with van der Waals surface area (Å²) in [4.78, 5) is 0. The van der Waals surface area contributed by atoms with Gasteiger partial charge in [0.1, 0.15) is 0 Å². The van der Waals surface area contributed by atoms with E-state index in [1.165, 1.54) is 108 Å². The Labute approximate surface area is 182 Å². The number of aryl methyl sites for hydroxylation is 1. The smallest absolute Gasteiger partial charge is 0.00419 e. The minimum atomic E-state index is 0. The summed E-state index contributed by atoms with van der Waals surface area (Å²) < 4.78 is 0. The fraction of sp³-hybridized carbons (Fsp3) is 0.769. The van der Waals surface area contributed by atoms with Crippen LogP contribution in [0.5, 0.6) is 0 Å². The van der Waals surface area contributed by atoms with Gasteiger partial charge in [-0.3, -0.25) is 0 Å². The van der Waals surface area contributed by atoms with E-state index < -0.39 is 0 Å². The third-order valence-electron chi connectivity index (χ3n) is 5.83. The van der Waals surface area contributed by atoms with E-state index in [2.05, 4.69) is 37.3 Å². The van der Waals surface area contributed by atoms with Gasteiger partial charge in [0.05, 0.1) is 0 Å². The standard InChI is InChI=1S/C26H47N.ClH/c1-2-3-4-5-6-7-8-9-10-11-12-13-14-15-19-22-26(27)24-23-25-20-17-16-18-21-25;/h16-18,20-21,26H,2-15,19,22-24,27H2,1H3;1H. The van der Waals surface area contributed by atoms with E-state index in [9.17, 15) is 0 Å². The van der Waals surface area contributed by atoms with E-state index in [0.29, 0.717) is 6.04 Å². The van der Waals surface area contributed by atoms with Crippen LogP contribution in [-0.4, -0.2) is 6.04 Å². The van der Waals surface area contributed by atoms with Gasteiger partial charge >= 0.3 is 0 Å². The van der Waals surface area contributed by atoms with Crippen molar-refractivity contribution in [1.29, 1.82) is 0 Å². The zero-order valence-corrected chi connectivity index (χ0v) is 19.5. The van der Waals surface area contributed by atoms with Crippen LogP contribution in [0.3, 0.4) is 0 Å². The zero-order chi connectivity index (χ0) is 19.4. The van der Waals surface area contributed by atoms with Gasteiger partial charge in [0.15, 0.2) is 0 Å². The Morgan fingerprint density at radius 3 is 1.50 bits per heavy atom. The molecular formula is C26H48ClN. The molecular weight excluding hydrogens is 362 g/mol. The maximum Gasteiger partial charge on any atom is 0.00419 e. The second kappa shape index (κ2) is 21.2. The van der Waals surface area contributed by atoms with Gasteiger partial charge in [0.25, 0.3) is 0 Å². The van der Waals surface area contributed by atoms with Crippen molar-refractivity contribution < 1.29 is 0 Å². The minimum absolute atomic E-state index is 0. The molecule has 0 aliphatic heterocycles. The number of benzene rings is 1. The van der Waals surface area contributed by atoms with Crippen LogP contribution < -0.4 is 5.73 Å². The summed E-state index contributed by atoms with van der Waals surface area (Å²) in [5, 5.41) is 0. The first kappa shape index (κ1) is 27.5. The lowest BCUT2D eigenvalue weighted by Crippen LogP contribution is -2.20. The first-order chi connectivity index (χ1) is 13.3. The maximum atomic E-state index is 6.28. The van der Waals surface area contributed by atoms with Gasteiger partial charge in [-0.1, -0.05) is 134 Å². The molecule has 0 amide bonds. The van der Waals surface area contributed by atoms with Crippen LogP contribution in [0.1, 0.15) is 122 Å². The van der Waals surface area contributed by atoms with Gasteiger partial charge in [0, 0.05) is 6.04 Å². The average Bonchev–Trinajstić information content (AvgIpc) is 2.70. The van der Waals surface area contributed by atoms with E-state index >= 15 is 0 Å². The van der Waals surface area contributed by atoms with E-state index in [1.807, 2.05) is 0 Å². The van der Waals surface area contributed by atoms with Crippen molar-refractivity contribution in [3.63, 3.8) is 0 Å². The number of unbranched alkanes of at least 4 members (excludes halogenated alkanes) is 14. The molecule has 1 unspecified atom stereocenters. The summed E-state index contributed by atoms with van der Waals surface area (Å²) >= 11 is 0. The quantitative estimate of drug-likeness (QED) is 0.227. The summed E-state index contributed by atoms with van der Waals surface area (Å²) in [7, 11) is 0. The highest BCUT2D eigenvalue weighted by molar-refractivity contribution is 5.85. The highest BCUT2D eigenvalue weighted by Crippen LogP contribution is 2.14. The highest BCUT2D eigenvalue weighted by Gasteiger charge is 2.03.